The Labute approximate surface area is 248 Å². The number of sulfonamides is 1. The first-order valence-corrected chi connectivity index (χ1v) is 15.6. The summed E-state index contributed by atoms with van der Waals surface area (Å²) in [6, 6.07) is 16.9. The van der Waals surface area contributed by atoms with Crippen LogP contribution in [0.5, 0.6) is 5.75 Å². The number of aryl methyl sites for hydroxylation is 1. The maximum absolute atomic E-state index is 13.3. The number of thioether (sulfide) groups is 1. The van der Waals surface area contributed by atoms with E-state index in [0.717, 1.165) is 5.56 Å². The van der Waals surface area contributed by atoms with Gasteiger partial charge >= 0.3 is 5.97 Å². The summed E-state index contributed by atoms with van der Waals surface area (Å²) >= 11 is 1.48. The molecule has 222 valence electrons. The summed E-state index contributed by atoms with van der Waals surface area (Å²) in [7, 11) is -1.28. The summed E-state index contributed by atoms with van der Waals surface area (Å²) < 4.78 is 44.8. The van der Waals surface area contributed by atoms with Gasteiger partial charge in [-0.25, -0.2) is 9.78 Å². The average molecular weight is 613 g/mol. The molecule has 0 fully saturated rings. The van der Waals surface area contributed by atoms with Crippen molar-refractivity contribution in [1.82, 2.24) is 15.3 Å². The molecule has 0 bridgehead atoms. The Balaban J connectivity index is 1.60. The minimum absolute atomic E-state index is 0.121. The summed E-state index contributed by atoms with van der Waals surface area (Å²) in [5.41, 5.74) is 2.19. The maximum atomic E-state index is 13.3. The first-order chi connectivity index (χ1) is 20.2. The molecule has 0 spiro atoms. The van der Waals surface area contributed by atoms with Crippen molar-refractivity contribution in [2.75, 3.05) is 37.9 Å². The molecule has 0 saturated heterocycles. The molecule has 2 heterocycles. The van der Waals surface area contributed by atoms with Crippen LogP contribution in [-0.2, 0) is 30.0 Å². The van der Waals surface area contributed by atoms with E-state index in [2.05, 4.69) is 20.0 Å². The fraction of sp³-hybridized carbons (Fsp3) is 0.276. The highest BCUT2D eigenvalue weighted by Crippen LogP contribution is 2.32. The Morgan fingerprint density at radius 1 is 1.05 bits per heavy atom. The van der Waals surface area contributed by atoms with Crippen LogP contribution in [0.1, 0.15) is 21.6 Å². The molecule has 1 atom stereocenters. The lowest BCUT2D eigenvalue weighted by Crippen LogP contribution is -2.43. The topological polar surface area (TPSA) is 149 Å². The number of nitrogens with one attached hydrogen (secondary N) is 3. The van der Waals surface area contributed by atoms with Gasteiger partial charge in [-0.05, 0) is 36.2 Å². The number of rotatable bonds is 14. The van der Waals surface area contributed by atoms with Gasteiger partial charge in [-0.15, -0.1) is 0 Å². The van der Waals surface area contributed by atoms with Crippen molar-refractivity contribution in [2.45, 2.75) is 23.7 Å². The molecule has 13 heteroatoms. The normalized spacial score (nSPS) is 12.1. The second kappa shape index (κ2) is 14.2. The van der Waals surface area contributed by atoms with Gasteiger partial charge in [0.25, 0.3) is 15.9 Å². The number of benzene rings is 2. The maximum Gasteiger partial charge on any atom is 0.329 e. The third-order valence-electron chi connectivity index (χ3n) is 6.15. The lowest BCUT2D eigenvalue weighted by atomic mass is 10.2. The molecule has 1 amide bonds. The van der Waals surface area contributed by atoms with E-state index in [4.69, 9.17) is 14.2 Å². The summed E-state index contributed by atoms with van der Waals surface area (Å²) in [6.07, 6.45) is 1.40. The van der Waals surface area contributed by atoms with E-state index in [1.807, 2.05) is 30.3 Å². The first kappa shape index (κ1) is 30.9. The number of aromatic nitrogens is 2. The number of methoxy groups -OCH3 is 2. The van der Waals surface area contributed by atoms with E-state index in [0.29, 0.717) is 40.3 Å². The van der Waals surface area contributed by atoms with Gasteiger partial charge < -0.3 is 24.5 Å². The van der Waals surface area contributed by atoms with E-state index in [-0.39, 0.29) is 23.0 Å². The van der Waals surface area contributed by atoms with Crippen LogP contribution in [0, 0.1) is 6.92 Å². The predicted molar refractivity (Wildman–Crippen MR) is 161 cm³/mol. The number of hydrogen-bond acceptors (Lipinski definition) is 9. The van der Waals surface area contributed by atoms with Gasteiger partial charge in [0.2, 0.25) is 0 Å². The second-order valence-corrected chi connectivity index (χ2v) is 11.9. The van der Waals surface area contributed by atoms with E-state index in [9.17, 15) is 18.0 Å². The molecule has 4 rings (SSSR count). The highest BCUT2D eigenvalue weighted by molar-refractivity contribution is 7.98. The number of aromatic amines is 1. The molecule has 3 N–H and O–H groups in total. The Morgan fingerprint density at radius 3 is 2.55 bits per heavy atom. The fourth-order valence-electron chi connectivity index (χ4n) is 4.11. The van der Waals surface area contributed by atoms with Gasteiger partial charge in [-0.2, -0.15) is 20.2 Å². The number of hydrogen-bond donors (Lipinski definition) is 3. The molecule has 11 nitrogen and oxygen atoms in total. The number of amides is 1. The lowest BCUT2D eigenvalue weighted by molar-refractivity contribution is -0.142. The molecule has 42 heavy (non-hydrogen) atoms. The van der Waals surface area contributed by atoms with Crippen LogP contribution in [0.3, 0.4) is 0 Å². The van der Waals surface area contributed by atoms with Gasteiger partial charge in [0, 0.05) is 36.3 Å². The number of nitrogens with zero attached hydrogens (tertiary/aromatic N) is 1. The number of fused-ring (bicyclic) bond motifs is 1. The van der Waals surface area contributed by atoms with Gasteiger partial charge in [-0.1, -0.05) is 36.4 Å². The standard InChI is InChI=1S/C29H32N4O7S2/c1-19-8-7-11-30-28(19)42(36,37)33-23-16-22(40-13-12-38-2)14-21-15-24(31-26(21)23)27(34)32-25(29(35)39-3)18-41-17-20-9-5-4-6-10-20/h4-11,14-16,25,31,33H,12-13,17-18H2,1-3H3,(H,32,34)/t25-/m0/s1. The highest BCUT2D eigenvalue weighted by atomic mass is 32.2. The predicted octanol–water partition coefficient (Wildman–Crippen LogP) is 3.90. The molecule has 0 aliphatic rings. The summed E-state index contributed by atoms with van der Waals surface area (Å²) in [6.45, 7) is 2.20. The quantitative estimate of drug-likeness (QED) is 0.142. The van der Waals surface area contributed by atoms with Crippen LogP contribution in [0.4, 0.5) is 5.69 Å². The molecule has 0 radical (unpaired) electrons. The van der Waals surface area contributed by atoms with Crippen molar-refractivity contribution < 1.29 is 32.2 Å². The molecule has 2 aromatic heterocycles. The Morgan fingerprint density at radius 2 is 1.83 bits per heavy atom. The van der Waals surface area contributed by atoms with E-state index >= 15 is 0 Å². The Hall–Kier alpha value is -4.07. The Bertz CT molecular complexity index is 1640. The molecular formula is C29H32N4O7S2. The molecule has 0 aliphatic carbocycles. The van der Waals surface area contributed by atoms with Crippen LogP contribution >= 0.6 is 11.8 Å². The number of carbonyl (C=O) groups excluding carboxylic acids is 2. The van der Waals surface area contributed by atoms with E-state index < -0.39 is 27.9 Å². The van der Waals surface area contributed by atoms with Gasteiger partial charge in [0.15, 0.2) is 5.03 Å². The van der Waals surface area contributed by atoms with Crippen molar-refractivity contribution in [3.05, 3.63) is 83.7 Å². The minimum atomic E-state index is -4.08. The second-order valence-electron chi connectivity index (χ2n) is 9.24. The molecule has 4 aromatic rings. The van der Waals surface area contributed by atoms with Crippen molar-refractivity contribution >= 4 is 50.3 Å². The number of carbonyl (C=O) groups is 2. The van der Waals surface area contributed by atoms with Crippen LogP contribution in [0.15, 0.2) is 71.9 Å². The van der Waals surface area contributed by atoms with Crippen LogP contribution in [0.25, 0.3) is 10.9 Å². The number of ether oxygens (including phenoxy) is 3. The van der Waals surface area contributed by atoms with Crippen molar-refractivity contribution in [3.63, 3.8) is 0 Å². The minimum Gasteiger partial charge on any atom is -0.491 e. The summed E-state index contributed by atoms with van der Waals surface area (Å²) in [5.74, 6) is 0.179. The van der Waals surface area contributed by atoms with Crippen molar-refractivity contribution in [1.29, 1.82) is 0 Å². The van der Waals surface area contributed by atoms with E-state index in [1.54, 1.807) is 38.3 Å². The third kappa shape index (κ3) is 7.81. The molecule has 0 saturated carbocycles. The zero-order valence-corrected chi connectivity index (χ0v) is 25.0. The van der Waals surface area contributed by atoms with Crippen LogP contribution in [0.2, 0.25) is 0 Å². The molecule has 2 aromatic carbocycles. The smallest absolute Gasteiger partial charge is 0.329 e. The van der Waals surface area contributed by atoms with E-state index in [1.165, 1.54) is 31.1 Å². The van der Waals surface area contributed by atoms with Crippen LogP contribution < -0.4 is 14.8 Å². The third-order valence-corrected chi connectivity index (χ3v) is 8.68. The van der Waals surface area contributed by atoms with Gasteiger partial charge in [0.05, 0.1) is 24.9 Å². The average Bonchev–Trinajstić information content (AvgIpc) is 3.42. The monoisotopic (exact) mass is 612 g/mol. The zero-order valence-electron chi connectivity index (χ0n) is 23.4. The number of pyridine rings is 1. The molecule has 0 unspecified atom stereocenters. The molecular weight excluding hydrogens is 580 g/mol. The van der Waals surface area contributed by atoms with Gasteiger partial charge in [0.1, 0.15) is 24.1 Å². The number of esters is 1. The first-order valence-electron chi connectivity index (χ1n) is 12.9. The summed E-state index contributed by atoms with van der Waals surface area (Å²) in [4.78, 5) is 32.8. The van der Waals surface area contributed by atoms with Crippen LogP contribution in [-0.4, -0.2) is 69.5 Å². The van der Waals surface area contributed by atoms with Crippen molar-refractivity contribution in [3.8, 4) is 5.75 Å². The Kier molecular flexibility index (Phi) is 10.4. The lowest BCUT2D eigenvalue weighted by Gasteiger charge is -2.16. The number of H-pyrrole nitrogens is 1. The molecule has 0 aliphatic heterocycles. The number of anilines is 1. The van der Waals surface area contributed by atoms with Gasteiger partial charge in [-0.3, -0.25) is 9.52 Å². The van der Waals surface area contributed by atoms with Crippen molar-refractivity contribution in [2.24, 2.45) is 0 Å². The highest BCUT2D eigenvalue weighted by Gasteiger charge is 2.25. The zero-order chi connectivity index (χ0) is 30.1. The fourth-order valence-corrected chi connectivity index (χ4v) is 6.35. The SMILES string of the molecule is COCCOc1cc(NS(=O)(=O)c2ncccc2C)c2[nH]c(C(=O)N[C@@H](CSCc3ccccc3)C(=O)OC)cc2c1. The summed E-state index contributed by atoms with van der Waals surface area (Å²) in [5, 5.41) is 3.12. The largest absolute Gasteiger partial charge is 0.491 e.